The quantitative estimate of drug-likeness (QED) is 0.926. The van der Waals surface area contributed by atoms with Crippen LogP contribution in [0.25, 0.3) is 10.8 Å². The molecule has 0 saturated carbocycles. The van der Waals surface area contributed by atoms with Crippen molar-refractivity contribution in [3.8, 4) is 0 Å². The molecule has 0 spiro atoms. The highest BCUT2D eigenvalue weighted by Crippen LogP contribution is 2.21. The molecule has 2 aromatic rings. The summed E-state index contributed by atoms with van der Waals surface area (Å²) in [7, 11) is 0. The topological polar surface area (TPSA) is 38.3 Å². The van der Waals surface area contributed by atoms with E-state index in [4.69, 9.17) is 4.74 Å². The minimum absolute atomic E-state index is 0.223. The summed E-state index contributed by atoms with van der Waals surface area (Å²) in [6.45, 7) is 5.74. The lowest BCUT2D eigenvalue weighted by Crippen LogP contribution is -2.33. The number of hydrogen-bond acceptors (Lipinski definition) is 2. The van der Waals surface area contributed by atoms with Gasteiger partial charge >= 0.3 is 6.09 Å². The Morgan fingerprint density at radius 2 is 1.90 bits per heavy atom. The third-order valence-electron chi connectivity index (χ3n) is 3.01. The zero-order chi connectivity index (χ0) is 15.5. The van der Waals surface area contributed by atoms with E-state index >= 15 is 0 Å². The second-order valence-corrected chi connectivity index (χ2v) is 5.94. The lowest BCUT2D eigenvalue weighted by atomic mass is 10.0. The average Bonchev–Trinajstić information content (AvgIpc) is 2.40. The molecule has 0 aliphatic rings. The minimum atomic E-state index is -0.529. The van der Waals surface area contributed by atoms with Crippen LogP contribution in [-0.4, -0.2) is 18.2 Å². The van der Waals surface area contributed by atoms with Gasteiger partial charge in [0.1, 0.15) is 11.4 Å². The van der Waals surface area contributed by atoms with E-state index in [0.29, 0.717) is 23.9 Å². The molecule has 21 heavy (non-hydrogen) atoms. The van der Waals surface area contributed by atoms with Gasteiger partial charge < -0.3 is 10.1 Å². The fourth-order valence-electron chi connectivity index (χ4n) is 2.09. The van der Waals surface area contributed by atoms with Gasteiger partial charge in [-0.1, -0.05) is 36.4 Å². The molecular weight excluding hydrogens is 269 g/mol. The third-order valence-corrected chi connectivity index (χ3v) is 3.01. The maximum atomic E-state index is 14.3. The minimum Gasteiger partial charge on any atom is -0.444 e. The summed E-state index contributed by atoms with van der Waals surface area (Å²) in [5.74, 6) is -0.223. The Balaban J connectivity index is 1.98. The smallest absolute Gasteiger partial charge is 0.407 e. The van der Waals surface area contributed by atoms with E-state index in [-0.39, 0.29) is 5.82 Å². The van der Waals surface area contributed by atoms with Crippen molar-refractivity contribution in [3.63, 3.8) is 0 Å². The van der Waals surface area contributed by atoms with Gasteiger partial charge in [0, 0.05) is 11.9 Å². The number of fused-ring (bicyclic) bond motifs is 1. The van der Waals surface area contributed by atoms with E-state index in [1.807, 2.05) is 24.3 Å². The van der Waals surface area contributed by atoms with Crippen molar-refractivity contribution in [2.75, 3.05) is 6.54 Å². The van der Waals surface area contributed by atoms with Crippen molar-refractivity contribution >= 4 is 16.9 Å². The predicted octanol–water partition coefficient (Wildman–Crippen LogP) is 4.05. The number of carbonyl (C=O) groups excluding carboxylic acids is 1. The number of benzene rings is 2. The predicted molar refractivity (Wildman–Crippen MR) is 81.8 cm³/mol. The average molecular weight is 289 g/mol. The molecule has 2 aromatic carbocycles. The third kappa shape index (κ3) is 4.18. The van der Waals surface area contributed by atoms with E-state index in [1.165, 1.54) is 0 Å². The van der Waals surface area contributed by atoms with Gasteiger partial charge in [-0.15, -0.1) is 0 Å². The van der Waals surface area contributed by atoms with Gasteiger partial charge in [-0.25, -0.2) is 9.18 Å². The molecule has 0 aliphatic heterocycles. The Kier molecular flexibility index (Phi) is 4.46. The van der Waals surface area contributed by atoms with Crippen molar-refractivity contribution in [3.05, 3.63) is 47.8 Å². The van der Waals surface area contributed by atoms with Gasteiger partial charge in [0.2, 0.25) is 0 Å². The molecule has 2 rings (SSSR count). The lowest BCUT2D eigenvalue weighted by molar-refractivity contribution is 0.0528. The van der Waals surface area contributed by atoms with Gasteiger partial charge in [0.05, 0.1) is 0 Å². The molecule has 4 heteroatoms. The van der Waals surface area contributed by atoms with Crippen LogP contribution in [0.3, 0.4) is 0 Å². The van der Waals surface area contributed by atoms with E-state index in [2.05, 4.69) is 5.32 Å². The highest BCUT2D eigenvalue weighted by molar-refractivity contribution is 5.83. The fourth-order valence-corrected chi connectivity index (χ4v) is 2.09. The summed E-state index contributed by atoms with van der Waals surface area (Å²) in [6, 6.07) is 11.0. The Labute approximate surface area is 124 Å². The number of nitrogens with one attached hydrogen (secondary N) is 1. The second-order valence-electron chi connectivity index (χ2n) is 5.94. The molecule has 0 radical (unpaired) electrons. The first-order valence-electron chi connectivity index (χ1n) is 7.00. The summed E-state index contributed by atoms with van der Waals surface area (Å²) in [5, 5.41) is 4.11. The van der Waals surface area contributed by atoms with Crippen molar-refractivity contribution in [1.82, 2.24) is 5.32 Å². The van der Waals surface area contributed by atoms with Gasteiger partial charge in [-0.2, -0.15) is 0 Å². The first-order chi connectivity index (χ1) is 9.87. The molecule has 0 aliphatic carbocycles. The van der Waals surface area contributed by atoms with E-state index in [9.17, 15) is 9.18 Å². The molecule has 0 heterocycles. The molecule has 0 bridgehead atoms. The van der Waals surface area contributed by atoms with Crippen molar-refractivity contribution in [2.24, 2.45) is 0 Å². The summed E-state index contributed by atoms with van der Waals surface area (Å²) in [4.78, 5) is 11.5. The van der Waals surface area contributed by atoms with Crippen LogP contribution in [0.1, 0.15) is 26.3 Å². The van der Waals surface area contributed by atoms with Crippen molar-refractivity contribution in [2.45, 2.75) is 32.8 Å². The molecule has 0 fully saturated rings. The van der Waals surface area contributed by atoms with Crippen LogP contribution < -0.4 is 5.32 Å². The number of amides is 1. The van der Waals surface area contributed by atoms with Gasteiger partial charge in [-0.3, -0.25) is 0 Å². The summed E-state index contributed by atoms with van der Waals surface area (Å²) < 4.78 is 19.5. The van der Waals surface area contributed by atoms with Crippen molar-refractivity contribution in [1.29, 1.82) is 0 Å². The van der Waals surface area contributed by atoms with E-state index < -0.39 is 11.7 Å². The largest absolute Gasteiger partial charge is 0.444 e. The molecular formula is C17H20FNO2. The Bertz CT molecular complexity index is 647. The summed E-state index contributed by atoms with van der Waals surface area (Å²) >= 11 is 0. The first kappa shape index (κ1) is 15.3. The zero-order valence-corrected chi connectivity index (χ0v) is 12.6. The number of carbonyl (C=O) groups is 1. The molecule has 3 nitrogen and oxygen atoms in total. The van der Waals surface area contributed by atoms with Crippen LogP contribution in [0.5, 0.6) is 0 Å². The highest BCUT2D eigenvalue weighted by Gasteiger charge is 2.15. The molecule has 1 amide bonds. The maximum absolute atomic E-state index is 14.3. The number of ether oxygens (including phenoxy) is 1. The van der Waals surface area contributed by atoms with Gasteiger partial charge in [0.25, 0.3) is 0 Å². The Morgan fingerprint density at radius 1 is 1.19 bits per heavy atom. The lowest BCUT2D eigenvalue weighted by Gasteiger charge is -2.19. The monoisotopic (exact) mass is 289 g/mol. The highest BCUT2D eigenvalue weighted by atomic mass is 19.1. The Hall–Kier alpha value is -2.10. The first-order valence-corrected chi connectivity index (χ1v) is 7.00. The van der Waals surface area contributed by atoms with E-state index in [1.54, 1.807) is 32.9 Å². The van der Waals surface area contributed by atoms with Crippen LogP contribution in [0.15, 0.2) is 36.4 Å². The number of rotatable bonds is 3. The zero-order valence-electron chi connectivity index (χ0n) is 12.6. The van der Waals surface area contributed by atoms with Gasteiger partial charge in [0.15, 0.2) is 0 Å². The number of alkyl carbamates (subject to hydrolysis) is 1. The molecule has 0 atom stereocenters. The SMILES string of the molecule is CC(C)(C)OC(=O)NCCc1ccc2ccccc2c1F. The normalized spacial score (nSPS) is 11.4. The standard InChI is InChI=1S/C17H20FNO2/c1-17(2,3)21-16(20)19-11-10-13-9-8-12-6-4-5-7-14(12)15(13)18/h4-9H,10-11H2,1-3H3,(H,19,20). The molecule has 0 aromatic heterocycles. The van der Waals surface area contributed by atoms with Crippen LogP contribution in [0.2, 0.25) is 0 Å². The maximum Gasteiger partial charge on any atom is 0.407 e. The fraction of sp³-hybridized carbons (Fsp3) is 0.353. The summed E-state index contributed by atoms with van der Waals surface area (Å²) in [5.41, 5.74) is 0.0583. The van der Waals surface area contributed by atoms with Gasteiger partial charge in [-0.05, 0) is 38.1 Å². The number of hydrogen-bond donors (Lipinski definition) is 1. The summed E-state index contributed by atoms with van der Waals surface area (Å²) in [6.07, 6.45) is -0.0562. The number of halogens is 1. The van der Waals surface area contributed by atoms with Crippen LogP contribution in [0, 0.1) is 5.82 Å². The van der Waals surface area contributed by atoms with Crippen LogP contribution >= 0.6 is 0 Å². The van der Waals surface area contributed by atoms with Crippen LogP contribution in [0.4, 0.5) is 9.18 Å². The second kappa shape index (κ2) is 6.12. The molecule has 112 valence electrons. The van der Waals surface area contributed by atoms with Crippen molar-refractivity contribution < 1.29 is 13.9 Å². The van der Waals surface area contributed by atoms with Crippen LogP contribution in [-0.2, 0) is 11.2 Å². The molecule has 1 N–H and O–H groups in total. The van der Waals surface area contributed by atoms with E-state index in [0.717, 1.165) is 5.39 Å². The molecule has 0 saturated heterocycles. The molecule has 0 unspecified atom stereocenters. The Morgan fingerprint density at radius 3 is 2.62 bits per heavy atom.